The second kappa shape index (κ2) is 12.6. The van der Waals surface area contributed by atoms with E-state index in [0.29, 0.717) is 12.6 Å². The van der Waals surface area contributed by atoms with Crippen molar-refractivity contribution in [2.24, 2.45) is 0 Å². The molecular formula is C25H29BrClNO2. The fourth-order valence-electron chi connectivity index (χ4n) is 3.21. The Bertz CT molecular complexity index is 890. The number of rotatable bonds is 10. The molecule has 3 aromatic carbocycles. The Morgan fingerprint density at radius 3 is 2.20 bits per heavy atom. The zero-order valence-corrected chi connectivity index (χ0v) is 19.8. The van der Waals surface area contributed by atoms with Gasteiger partial charge in [0.25, 0.3) is 0 Å². The van der Waals surface area contributed by atoms with Crippen molar-refractivity contribution in [3.05, 3.63) is 94.0 Å². The van der Waals surface area contributed by atoms with Gasteiger partial charge in [-0.05, 0) is 43.0 Å². The summed E-state index contributed by atoms with van der Waals surface area (Å²) in [5.41, 5.74) is 3.59. The fraction of sp³-hybridized carbons (Fsp3) is 0.280. The van der Waals surface area contributed by atoms with Crippen molar-refractivity contribution in [1.29, 1.82) is 0 Å². The Morgan fingerprint density at radius 1 is 0.933 bits per heavy atom. The van der Waals surface area contributed by atoms with E-state index in [0.717, 1.165) is 46.5 Å². The van der Waals surface area contributed by atoms with Crippen molar-refractivity contribution >= 4 is 28.3 Å². The Labute approximate surface area is 194 Å². The van der Waals surface area contributed by atoms with Gasteiger partial charge in [-0.3, -0.25) is 0 Å². The zero-order valence-electron chi connectivity index (χ0n) is 17.4. The summed E-state index contributed by atoms with van der Waals surface area (Å²) in [7, 11) is 1.68. The smallest absolute Gasteiger partial charge is 0.166 e. The summed E-state index contributed by atoms with van der Waals surface area (Å²) in [6, 6.07) is 25.2. The molecule has 0 amide bonds. The van der Waals surface area contributed by atoms with Crippen molar-refractivity contribution in [3.63, 3.8) is 0 Å². The van der Waals surface area contributed by atoms with Gasteiger partial charge in [0.15, 0.2) is 11.5 Å². The monoisotopic (exact) mass is 489 g/mol. The van der Waals surface area contributed by atoms with Crippen molar-refractivity contribution in [1.82, 2.24) is 5.32 Å². The maximum absolute atomic E-state index is 6.18. The van der Waals surface area contributed by atoms with Gasteiger partial charge in [-0.2, -0.15) is 0 Å². The second-order valence-electron chi connectivity index (χ2n) is 7.18. The Balaban J connectivity index is 0.00000320. The van der Waals surface area contributed by atoms with Crippen LogP contribution in [0.2, 0.25) is 0 Å². The van der Waals surface area contributed by atoms with Gasteiger partial charge in [-0.15, -0.1) is 12.4 Å². The molecule has 0 fully saturated rings. The molecule has 0 aromatic heterocycles. The van der Waals surface area contributed by atoms with Crippen LogP contribution in [0.4, 0.5) is 0 Å². The standard InChI is InChI=1S/C25H28BrNO2.ClH/c1-19(13-14-20-9-5-3-6-10-20)27-17-22-15-23(26)16-24(28-2)25(22)29-18-21-11-7-4-8-12-21;/h3-12,15-16,19,27H,13-14,17-18H2,1-2H3;1H. The third-order valence-corrected chi connectivity index (χ3v) is 5.35. The molecule has 1 atom stereocenters. The summed E-state index contributed by atoms with van der Waals surface area (Å²) >= 11 is 3.59. The molecule has 3 nitrogen and oxygen atoms in total. The summed E-state index contributed by atoms with van der Waals surface area (Å²) < 4.78 is 12.7. The molecule has 3 rings (SSSR count). The zero-order chi connectivity index (χ0) is 20.5. The minimum absolute atomic E-state index is 0. The van der Waals surface area contributed by atoms with E-state index in [2.05, 4.69) is 76.7 Å². The van der Waals surface area contributed by atoms with Gasteiger partial charge in [-0.1, -0.05) is 76.6 Å². The predicted molar refractivity (Wildman–Crippen MR) is 130 cm³/mol. The van der Waals surface area contributed by atoms with Crippen LogP contribution in [-0.4, -0.2) is 13.2 Å². The average molecular weight is 491 g/mol. The quantitative estimate of drug-likeness (QED) is 0.349. The molecule has 1 unspecified atom stereocenters. The largest absolute Gasteiger partial charge is 0.493 e. The van der Waals surface area contributed by atoms with Gasteiger partial charge < -0.3 is 14.8 Å². The Hall–Kier alpha value is -2.01. The normalized spacial score (nSPS) is 11.4. The van der Waals surface area contributed by atoms with Crippen molar-refractivity contribution < 1.29 is 9.47 Å². The lowest BCUT2D eigenvalue weighted by Gasteiger charge is -2.19. The van der Waals surface area contributed by atoms with Gasteiger partial charge >= 0.3 is 0 Å². The second-order valence-corrected chi connectivity index (χ2v) is 8.09. The first kappa shape index (κ1) is 24.3. The molecule has 30 heavy (non-hydrogen) atoms. The van der Waals surface area contributed by atoms with Gasteiger partial charge in [0.2, 0.25) is 0 Å². The van der Waals surface area contributed by atoms with Crippen LogP contribution in [0.5, 0.6) is 11.5 Å². The molecule has 0 heterocycles. The predicted octanol–water partition coefficient (Wildman–Crippen LogP) is 6.57. The molecule has 0 radical (unpaired) electrons. The highest BCUT2D eigenvalue weighted by atomic mass is 79.9. The van der Waals surface area contributed by atoms with Crippen LogP contribution in [0, 0.1) is 0 Å². The maximum atomic E-state index is 6.18. The van der Waals surface area contributed by atoms with Crippen LogP contribution in [0.25, 0.3) is 0 Å². The van der Waals surface area contributed by atoms with Crippen LogP contribution >= 0.6 is 28.3 Å². The van der Waals surface area contributed by atoms with E-state index in [-0.39, 0.29) is 12.4 Å². The third-order valence-electron chi connectivity index (χ3n) is 4.89. The van der Waals surface area contributed by atoms with Crippen molar-refractivity contribution in [2.75, 3.05) is 7.11 Å². The van der Waals surface area contributed by atoms with Crippen molar-refractivity contribution in [2.45, 2.75) is 39.0 Å². The number of nitrogens with one attached hydrogen (secondary N) is 1. The molecule has 160 valence electrons. The highest BCUT2D eigenvalue weighted by Gasteiger charge is 2.14. The van der Waals surface area contributed by atoms with E-state index < -0.39 is 0 Å². The summed E-state index contributed by atoms with van der Waals surface area (Å²) in [6.07, 6.45) is 2.14. The average Bonchev–Trinajstić information content (AvgIpc) is 2.76. The molecule has 0 aliphatic carbocycles. The summed E-state index contributed by atoms with van der Waals surface area (Å²) in [4.78, 5) is 0. The number of halogens is 2. The van der Waals surface area contributed by atoms with E-state index >= 15 is 0 Å². The Morgan fingerprint density at radius 2 is 1.57 bits per heavy atom. The van der Waals surface area contributed by atoms with E-state index in [1.54, 1.807) is 7.11 Å². The first-order valence-corrected chi connectivity index (χ1v) is 10.8. The van der Waals surface area contributed by atoms with Gasteiger partial charge in [0.1, 0.15) is 6.61 Å². The molecule has 5 heteroatoms. The molecule has 0 saturated carbocycles. The third kappa shape index (κ3) is 7.35. The molecule has 0 spiro atoms. The maximum Gasteiger partial charge on any atom is 0.166 e. The van der Waals surface area contributed by atoms with E-state index in [4.69, 9.17) is 9.47 Å². The Kier molecular flexibility index (Phi) is 10.2. The molecule has 0 bridgehead atoms. The number of hydrogen-bond donors (Lipinski definition) is 1. The highest BCUT2D eigenvalue weighted by molar-refractivity contribution is 9.10. The lowest BCUT2D eigenvalue weighted by molar-refractivity contribution is 0.280. The van der Waals surface area contributed by atoms with E-state index in [9.17, 15) is 0 Å². The van der Waals surface area contributed by atoms with Gasteiger partial charge in [0.05, 0.1) is 7.11 Å². The lowest BCUT2D eigenvalue weighted by Crippen LogP contribution is -2.26. The van der Waals surface area contributed by atoms with Gasteiger partial charge in [0, 0.05) is 22.6 Å². The minimum atomic E-state index is 0. The minimum Gasteiger partial charge on any atom is -0.493 e. The van der Waals surface area contributed by atoms with E-state index in [1.807, 2.05) is 24.3 Å². The lowest BCUT2D eigenvalue weighted by atomic mass is 10.1. The highest BCUT2D eigenvalue weighted by Crippen LogP contribution is 2.35. The van der Waals surface area contributed by atoms with Crippen LogP contribution in [0.3, 0.4) is 0 Å². The SMILES string of the molecule is COc1cc(Br)cc(CNC(C)CCc2ccccc2)c1OCc1ccccc1.Cl. The van der Waals surface area contributed by atoms with Gasteiger partial charge in [-0.25, -0.2) is 0 Å². The summed E-state index contributed by atoms with van der Waals surface area (Å²) in [5, 5.41) is 3.63. The van der Waals surface area contributed by atoms with Crippen LogP contribution in [-0.2, 0) is 19.6 Å². The number of aryl methyl sites for hydroxylation is 1. The number of benzene rings is 3. The topological polar surface area (TPSA) is 30.5 Å². The molecule has 3 aromatic rings. The number of ether oxygens (including phenoxy) is 2. The summed E-state index contributed by atoms with van der Waals surface area (Å²) in [5.74, 6) is 1.53. The molecular weight excluding hydrogens is 462 g/mol. The molecule has 0 saturated heterocycles. The van der Waals surface area contributed by atoms with Crippen LogP contribution in [0.1, 0.15) is 30.0 Å². The molecule has 0 aliphatic rings. The first-order chi connectivity index (χ1) is 14.2. The van der Waals surface area contributed by atoms with E-state index in [1.165, 1.54) is 5.56 Å². The molecule has 1 N–H and O–H groups in total. The van der Waals surface area contributed by atoms with Crippen molar-refractivity contribution in [3.8, 4) is 11.5 Å². The fourth-order valence-corrected chi connectivity index (χ4v) is 3.70. The molecule has 0 aliphatic heterocycles. The summed E-state index contributed by atoms with van der Waals surface area (Å²) in [6.45, 7) is 3.45. The number of hydrogen-bond acceptors (Lipinski definition) is 3. The number of methoxy groups -OCH3 is 1. The van der Waals surface area contributed by atoms with Crippen LogP contribution in [0.15, 0.2) is 77.3 Å². The van der Waals surface area contributed by atoms with Crippen LogP contribution < -0.4 is 14.8 Å². The first-order valence-electron chi connectivity index (χ1n) is 9.96.